The van der Waals surface area contributed by atoms with Gasteiger partial charge in [-0.25, -0.2) is 4.79 Å². The van der Waals surface area contributed by atoms with Crippen molar-refractivity contribution in [3.8, 4) is 0 Å². The quantitative estimate of drug-likeness (QED) is 0.156. The number of aliphatic hydroxyl groups excluding tert-OH is 1. The Morgan fingerprint density at radius 2 is 1.81 bits per heavy atom. The standard InChI is InChI=1S/C34H44O9/c1-15(9-8-10-40-20(6)35)26-16(2)11-25-28(29(26)37)34(32(39)43-25)14-33-17(3)12-24-22(18(4)31(38)42-24)13-23(33)19(5)27(34)30(33)41-21(7)36/h15,17,22,24-25,27-30,37H,4,8-14H2,1-3,5-7H3/t15-,17-,22+,24-,25+,27-,28+,29+,30-,33-,34+/m0/s1. The molecule has 0 amide bonds. The van der Waals surface area contributed by atoms with Crippen molar-refractivity contribution >= 4 is 23.9 Å². The summed E-state index contributed by atoms with van der Waals surface area (Å²) >= 11 is 0. The zero-order valence-corrected chi connectivity index (χ0v) is 26.1. The highest BCUT2D eigenvalue weighted by Crippen LogP contribution is 2.76. The molecule has 234 valence electrons. The third-order valence-corrected chi connectivity index (χ3v) is 12.0. The van der Waals surface area contributed by atoms with Gasteiger partial charge < -0.3 is 24.1 Å². The van der Waals surface area contributed by atoms with Crippen molar-refractivity contribution in [3.05, 3.63) is 34.4 Å². The lowest BCUT2D eigenvalue weighted by molar-refractivity contribution is -0.156. The molecule has 0 radical (unpaired) electrons. The van der Waals surface area contributed by atoms with Crippen LogP contribution in [0.5, 0.6) is 0 Å². The van der Waals surface area contributed by atoms with E-state index in [0.29, 0.717) is 44.3 Å². The second kappa shape index (κ2) is 10.3. The molecular weight excluding hydrogens is 552 g/mol. The number of carbonyl (C=O) groups excluding carboxylic acids is 4. The molecule has 6 aliphatic rings. The number of esters is 4. The second-order valence-electron chi connectivity index (χ2n) is 14.1. The summed E-state index contributed by atoms with van der Waals surface area (Å²) in [4.78, 5) is 50.6. The van der Waals surface area contributed by atoms with Gasteiger partial charge in [0.1, 0.15) is 18.3 Å². The summed E-state index contributed by atoms with van der Waals surface area (Å²) in [5, 5.41) is 12.2. The Kier molecular flexibility index (Phi) is 7.22. The summed E-state index contributed by atoms with van der Waals surface area (Å²) in [5.74, 6) is -2.51. The molecule has 9 heteroatoms. The number of hydrogen-bond acceptors (Lipinski definition) is 9. The molecule has 6 rings (SSSR count). The van der Waals surface area contributed by atoms with E-state index in [2.05, 4.69) is 20.4 Å². The lowest BCUT2D eigenvalue weighted by Crippen LogP contribution is -2.50. The molecule has 2 heterocycles. The third kappa shape index (κ3) is 4.12. The first kappa shape index (κ1) is 30.1. The van der Waals surface area contributed by atoms with Crippen LogP contribution in [0.15, 0.2) is 34.4 Å². The van der Waals surface area contributed by atoms with Crippen molar-refractivity contribution in [1.82, 2.24) is 0 Å². The van der Waals surface area contributed by atoms with Gasteiger partial charge in [0.2, 0.25) is 0 Å². The number of ether oxygens (including phenoxy) is 4. The van der Waals surface area contributed by atoms with E-state index in [4.69, 9.17) is 18.9 Å². The average molecular weight is 597 g/mol. The average Bonchev–Trinajstić information content (AvgIpc) is 3.49. The molecule has 2 spiro atoms. The molecule has 11 atom stereocenters. The SMILES string of the molecule is C=C1C(=O)O[C@H]2C[C@H](C)[C@@]34C[C@@]5(C(=O)O[C@@H]6CC(C)=C([C@@H](C)CCCOC(C)=O)[C@@H](O)[C@@H]65)[C@@H](C(C)=C3C[C@H]12)[C@@H]4OC(C)=O. The predicted molar refractivity (Wildman–Crippen MR) is 154 cm³/mol. The number of fused-ring (bicyclic) bond motifs is 5. The molecule has 43 heavy (non-hydrogen) atoms. The zero-order chi connectivity index (χ0) is 31.2. The molecule has 0 unspecified atom stereocenters. The van der Waals surface area contributed by atoms with E-state index in [0.717, 1.165) is 28.7 Å². The molecule has 0 aromatic rings. The first-order valence-electron chi connectivity index (χ1n) is 15.7. The highest BCUT2D eigenvalue weighted by Gasteiger charge is 2.79. The zero-order valence-electron chi connectivity index (χ0n) is 26.1. The highest BCUT2D eigenvalue weighted by atomic mass is 16.6. The van der Waals surface area contributed by atoms with Crippen LogP contribution in [0, 0.1) is 40.4 Å². The lowest BCUT2D eigenvalue weighted by atomic mass is 9.55. The maximum atomic E-state index is 14.2. The van der Waals surface area contributed by atoms with Gasteiger partial charge >= 0.3 is 23.9 Å². The molecule has 2 saturated heterocycles. The Bertz CT molecular complexity index is 1360. The van der Waals surface area contributed by atoms with E-state index < -0.39 is 46.9 Å². The first-order valence-corrected chi connectivity index (χ1v) is 15.7. The van der Waals surface area contributed by atoms with Crippen molar-refractivity contribution in [2.75, 3.05) is 6.61 Å². The molecule has 4 aliphatic carbocycles. The van der Waals surface area contributed by atoms with Crippen molar-refractivity contribution in [2.24, 2.45) is 40.4 Å². The third-order valence-electron chi connectivity index (χ3n) is 12.0. The van der Waals surface area contributed by atoms with Gasteiger partial charge in [-0.15, -0.1) is 0 Å². The Hall–Kier alpha value is -2.94. The number of hydrogen-bond donors (Lipinski definition) is 1. The van der Waals surface area contributed by atoms with Gasteiger partial charge in [-0.05, 0) is 63.4 Å². The van der Waals surface area contributed by atoms with E-state index in [-0.39, 0.29) is 41.8 Å². The van der Waals surface area contributed by atoms with E-state index >= 15 is 0 Å². The van der Waals surface area contributed by atoms with Crippen LogP contribution in [0.1, 0.15) is 80.1 Å². The largest absolute Gasteiger partial charge is 0.466 e. The summed E-state index contributed by atoms with van der Waals surface area (Å²) in [7, 11) is 0. The number of aliphatic hydroxyl groups is 1. The first-order chi connectivity index (χ1) is 20.2. The second-order valence-corrected chi connectivity index (χ2v) is 14.1. The summed E-state index contributed by atoms with van der Waals surface area (Å²) in [6.07, 6.45) is 1.25. The van der Waals surface area contributed by atoms with E-state index in [9.17, 15) is 24.3 Å². The molecular formula is C34H44O9. The predicted octanol–water partition coefficient (Wildman–Crippen LogP) is 4.37. The van der Waals surface area contributed by atoms with Crippen molar-refractivity contribution < 1.29 is 43.2 Å². The van der Waals surface area contributed by atoms with Gasteiger partial charge in [-0.2, -0.15) is 0 Å². The normalized spacial score (nSPS) is 41.9. The van der Waals surface area contributed by atoms with Crippen LogP contribution in [0.25, 0.3) is 0 Å². The topological polar surface area (TPSA) is 125 Å². The highest BCUT2D eigenvalue weighted by molar-refractivity contribution is 5.91. The number of carbonyl (C=O) groups is 4. The summed E-state index contributed by atoms with van der Waals surface area (Å²) in [5.41, 5.74) is 2.89. The van der Waals surface area contributed by atoms with Gasteiger partial charge in [0.05, 0.1) is 18.1 Å². The molecule has 4 fully saturated rings. The summed E-state index contributed by atoms with van der Waals surface area (Å²) in [6, 6.07) is 0. The van der Waals surface area contributed by atoms with Crippen molar-refractivity contribution in [1.29, 1.82) is 0 Å². The van der Waals surface area contributed by atoms with Crippen molar-refractivity contribution in [2.45, 2.75) is 104 Å². The Morgan fingerprint density at radius 1 is 1.09 bits per heavy atom. The minimum Gasteiger partial charge on any atom is -0.466 e. The van der Waals surface area contributed by atoms with Crippen molar-refractivity contribution in [3.63, 3.8) is 0 Å². The van der Waals surface area contributed by atoms with Gasteiger partial charge in [-0.3, -0.25) is 14.4 Å². The molecule has 2 saturated carbocycles. The fourth-order valence-corrected chi connectivity index (χ4v) is 10.4. The molecule has 0 aromatic heterocycles. The van der Waals surface area contributed by atoms with Crippen LogP contribution >= 0.6 is 0 Å². The number of rotatable bonds is 6. The Morgan fingerprint density at radius 3 is 2.49 bits per heavy atom. The molecule has 1 N–H and O–H groups in total. The monoisotopic (exact) mass is 596 g/mol. The van der Waals surface area contributed by atoms with E-state index in [1.54, 1.807) is 0 Å². The van der Waals surface area contributed by atoms with Gasteiger partial charge in [0.15, 0.2) is 0 Å². The fraction of sp³-hybridized carbons (Fsp3) is 0.706. The molecule has 9 nitrogen and oxygen atoms in total. The van der Waals surface area contributed by atoms with E-state index in [1.807, 2.05) is 13.8 Å². The smallest absolute Gasteiger partial charge is 0.334 e. The van der Waals surface area contributed by atoms with Crippen LogP contribution in [0.3, 0.4) is 0 Å². The van der Waals surface area contributed by atoms with Gasteiger partial charge in [-0.1, -0.05) is 37.1 Å². The maximum absolute atomic E-state index is 14.2. The summed E-state index contributed by atoms with van der Waals surface area (Å²) in [6.45, 7) is 15.4. The molecule has 0 aromatic carbocycles. The van der Waals surface area contributed by atoms with Gasteiger partial charge in [0, 0.05) is 49.0 Å². The molecule has 2 aliphatic heterocycles. The fourth-order valence-electron chi connectivity index (χ4n) is 10.4. The lowest BCUT2D eigenvalue weighted by Gasteiger charge is -2.45. The Balaban J connectivity index is 1.40. The van der Waals surface area contributed by atoms with Crippen LogP contribution in [0.4, 0.5) is 0 Å². The molecule has 2 bridgehead atoms. The van der Waals surface area contributed by atoms with Crippen LogP contribution < -0.4 is 0 Å². The minimum atomic E-state index is -1.05. The summed E-state index contributed by atoms with van der Waals surface area (Å²) < 4.78 is 23.3. The maximum Gasteiger partial charge on any atom is 0.334 e. The van der Waals surface area contributed by atoms with Crippen LogP contribution in [-0.4, -0.2) is 60.0 Å². The van der Waals surface area contributed by atoms with Gasteiger partial charge in [0.25, 0.3) is 0 Å². The van der Waals surface area contributed by atoms with Crippen LogP contribution in [-0.2, 0) is 38.1 Å². The Labute approximate surface area is 253 Å². The van der Waals surface area contributed by atoms with Crippen LogP contribution in [0.2, 0.25) is 0 Å². The minimum absolute atomic E-state index is 0.0179. The van der Waals surface area contributed by atoms with E-state index in [1.165, 1.54) is 13.8 Å².